The van der Waals surface area contributed by atoms with E-state index in [1.165, 1.54) is 17.4 Å². The molecular formula is C21H23FN4OS. The highest BCUT2D eigenvalue weighted by Crippen LogP contribution is 2.28. The molecule has 7 heteroatoms. The molecule has 0 aliphatic carbocycles. The predicted octanol–water partition coefficient (Wildman–Crippen LogP) is 4.54. The Morgan fingerprint density at radius 1 is 1.07 bits per heavy atom. The number of thiazole rings is 1. The van der Waals surface area contributed by atoms with Crippen LogP contribution in [0.4, 0.5) is 14.3 Å². The number of nitrogens with zero attached hydrogens (tertiary/aromatic N) is 3. The van der Waals surface area contributed by atoms with Gasteiger partial charge in [0.2, 0.25) is 0 Å². The summed E-state index contributed by atoms with van der Waals surface area (Å²) in [6, 6.07) is 16.1. The second kappa shape index (κ2) is 9.43. The summed E-state index contributed by atoms with van der Waals surface area (Å²) in [5.41, 5.74) is 1.54. The van der Waals surface area contributed by atoms with Gasteiger partial charge in [-0.1, -0.05) is 59.9 Å². The maximum atomic E-state index is 14.1. The Bertz CT molecular complexity index is 914. The topological polar surface area (TPSA) is 48.5 Å². The van der Waals surface area contributed by atoms with E-state index in [4.69, 9.17) is 0 Å². The van der Waals surface area contributed by atoms with E-state index in [0.717, 1.165) is 10.4 Å². The summed E-state index contributed by atoms with van der Waals surface area (Å²) in [4.78, 5) is 21.7. The molecule has 0 saturated heterocycles. The van der Waals surface area contributed by atoms with Crippen LogP contribution in [-0.2, 0) is 6.54 Å². The van der Waals surface area contributed by atoms with Crippen molar-refractivity contribution >= 4 is 22.5 Å². The molecule has 28 heavy (non-hydrogen) atoms. The van der Waals surface area contributed by atoms with Gasteiger partial charge in [-0.2, -0.15) is 0 Å². The summed E-state index contributed by atoms with van der Waals surface area (Å²) in [7, 11) is 3.87. The number of amides is 2. The molecule has 0 spiro atoms. The van der Waals surface area contributed by atoms with Crippen LogP contribution in [0.15, 0.2) is 60.8 Å². The molecular weight excluding hydrogens is 375 g/mol. The number of carbonyl (C=O) groups is 1. The monoisotopic (exact) mass is 398 g/mol. The molecule has 0 bridgehead atoms. The van der Waals surface area contributed by atoms with Crippen LogP contribution >= 0.6 is 11.3 Å². The van der Waals surface area contributed by atoms with Crippen LogP contribution < -0.4 is 5.32 Å². The van der Waals surface area contributed by atoms with E-state index in [-0.39, 0.29) is 18.4 Å². The van der Waals surface area contributed by atoms with Gasteiger partial charge in [-0.15, -0.1) is 0 Å². The van der Waals surface area contributed by atoms with Crippen molar-refractivity contribution in [1.29, 1.82) is 0 Å². The number of aromatic nitrogens is 1. The molecule has 146 valence electrons. The second-order valence-electron chi connectivity index (χ2n) is 6.64. The molecule has 0 aliphatic rings. The normalized spacial score (nSPS) is 10.9. The van der Waals surface area contributed by atoms with Crippen molar-refractivity contribution in [3.8, 4) is 10.4 Å². The average molecular weight is 399 g/mol. The Morgan fingerprint density at radius 2 is 1.79 bits per heavy atom. The lowest BCUT2D eigenvalue weighted by molar-refractivity contribution is 0.201. The zero-order chi connectivity index (χ0) is 19.9. The second-order valence-corrected chi connectivity index (χ2v) is 7.67. The van der Waals surface area contributed by atoms with Crippen molar-refractivity contribution in [1.82, 2.24) is 14.8 Å². The van der Waals surface area contributed by atoms with Gasteiger partial charge in [-0.3, -0.25) is 5.32 Å². The Hall–Kier alpha value is -2.77. The number of rotatable bonds is 7. The smallest absolute Gasteiger partial charge is 0.319 e. The molecule has 0 saturated carbocycles. The highest BCUT2D eigenvalue weighted by atomic mass is 32.1. The Morgan fingerprint density at radius 3 is 2.50 bits per heavy atom. The Labute approximate surface area is 168 Å². The number of halogens is 1. The first-order chi connectivity index (χ1) is 13.5. The van der Waals surface area contributed by atoms with Crippen LogP contribution in [0.3, 0.4) is 0 Å². The van der Waals surface area contributed by atoms with E-state index in [1.807, 2.05) is 49.3 Å². The molecule has 1 heterocycles. The summed E-state index contributed by atoms with van der Waals surface area (Å²) in [6.45, 7) is 1.35. The van der Waals surface area contributed by atoms with Crippen LogP contribution in [0.5, 0.6) is 0 Å². The molecule has 0 atom stereocenters. The molecule has 0 fully saturated rings. The molecule has 2 aromatic carbocycles. The van der Waals surface area contributed by atoms with Crippen LogP contribution in [0.2, 0.25) is 0 Å². The lowest BCUT2D eigenvalue weighted by Gasteiger charge is -2.24. The fourth-order valence-electron chi connectivity index (χ4n) is 2.64. The van der Waals surface area contributed by atoms with Crippen molar-refractivity contribution in [2.24, 2.45) is 0 Å². The first-order valence-electron chi connectivity index (χ1n) is 8.98. The van der Waals surface area contributed by atoms with Crippen LogP contribution in [0, 0.1) is 5.82 Å². The van der Waals surface area contributed by atoms with Gasteiger partial charge in [0.05, 0.1) is 11.4 Å². The number of hydrogen-bond donors (Lipinski definition) is 1. The van der Waals surface area contributed by atoms with Crippen molar-refractivity contribution in [2.75, 3.05) is 32.5 Å². The zero-order valence-electron chi connectivity index (χ0n) is 15.9. The van der Waals surface area contributed by atoms with Gasteiger partial charge in [0, 0.05) is 24.8 Å². The molecule has 3 rings (SSSR count). The summed E-state index contributed by atoms with van der Waals surface area (Å²) >= 11 is 1.41. The Balaban J connectivity index is 1.72. The summed E-state index contributed by atoms with van der Waals surface area (Å²) in [6.07, 6.45) is 1.75. The molecule has 5 nitrogen and oxygen atoms in total. The maximum Gasteiger partial charge on any atom is 0.323 e. The lowest BCUT2D eigenvalue weighted by atomic mass is 10.2. The molecule has 2 amide bonds. The molecule has 1 aromatic heterocycles. The van der Waals surface area contributed by atoms with Gasteiger partial charge >= 0.3 is 6.03 Å². The zero-order valence-corrected chi connectivity index (χ0v) is 16.7. The number of benzene rings is 2. The summed E-state index contributed by atoms with van der Waals surface area (Å²) < 4.78 is 14.1. The first kappa shape index (κ1) is 20.0. The van der Waals surface area contributed by atoms with Crippen molar-refractivity contribution in [3.63, 3.8) is 0 Å². The van der Waals surface area contributed by atoms with Crippen molar-refractivity contribution in [2.45, 2.75) is 6.54 Å². The SMILES string of the molecule is CN(C)CCN(Cc1ccccc1F)C(=O)Nc1ncc(-c2ccccc2)s1. The minimum Gasteiger partial charge on any atom is -0.319 e. The van der Waals surface area contributed by atoms with Gasteiger partial charge in [0.15, 0.2) is 5.13 Å². The third-order valence-electron chi connectivity index (χ3n) is 4.20. The summed E-state index contributed by atoms with van der Waals surface area (Å²) in [5.74, 6) is -0.314. The van der Waals surface area contributed by atoms with Crippen molar-refractivity contribution in [3.05, 3.63) is 72.2 Å². The van der Waals surface area contributed by atoms with E-state index in [1.54, 1.807) is 29.3 Å². The van der Waals surface area contributed by atoms with Gasteiger partial charge in [-0.05, 0) is 25.7 Å². The number of hydrogen-bond acceptors (Lipinski definition) is 4. The molecule has 0 radical (unpaired) electrons. The molecule has 3 aromatic rings. The molecule has 0 aliphatic heterocycles. The largest absolute Gasteiger partial charge is 0.323 e. The molecule has 1 N–H and O–H groups in total. The molecule has 0 unspecified atom stereocenters. The predicted molar refractivity (Wildman–Crippen MR) is 112 cm³/mol. The van der Waals surface area contributed by atoms with Gasteiger partial charge < -0.3 is 9.80 Å². The van der Waals surface area contributed by atoms with E-state index in [0.29, 0.717) is 23.8 Å². The van der Waals surface area contributed by atoms with E-state index >= 15 is 0 Å². The standard InChI is InChI=1S/C21H23FN4OS/c1-25(2)12-13-26(15-17-10-6-7-11-18(17)22)21(27)24-20-23-14-19(28-20)16-8-4-3-5-9-16/h3-11,14H,12-13,15H2,1-2H3,(H,23,24,27). The van der Waals surface area contributed by atoms with Crippen molar-refractivity contribution < 1.29 is 9.18 Å². The maximum absolute atomic E-state index is 14.1. The lowest BCUT2D eigenvalue weighted by Crippen LogP contribution is -2.39. The number of carbonyl (C=O) groups excluding carboxylic acids is 1. The number of nitrogens with one attached hydrogen (secondary N) is 1. The van der Waals surface area contributed by atoms with Gasteiger partial charge in [0.1, 0.15) is 5.82 Å². The van der Waals surface area contributed by atoms with E-state index < -0.39 is 0 Å². The quantitative estimate of drug-likeness (QED) is 0.635. The average Bonchev–Trinajstić information content (AvgIpc) is 3.15. The first-order valence-corrected chi connectivity index (χ1v) is 9.80. The van der Waals surface area contributed by atoms with Crippen LogP contribution in [0.25, 0.3) is 10.4 Å². The van der Waals surface area contributed by atoms with E-state index in [2.05, 4.69) is 10.3 Å². The third kappa shape index (κ3) is 5.37. The Kier molecular flexibility index (Phi) is 6.73. The van der Waals surface area contributed by atoms with Gasteiger partial charge in [-0.25, -0.2) is 14.2 Å². The minimum absolute atomic E-state index is 0.198. The highest BCUT2D eigenvalue weighted by molar-refractivity contribution is 7.19. The van der Waals surface area contributed by atoms with E-state index in [9.17, 15) is 9.18 Å². The van der Waals surface area contributed by atoms with Crippen LogP contribution in [-0.4, -0.2) is 48.0 Å². The third-order valence-corrected chi connectivity index (χ3v) is 5.16. The van der Waals surface area contributed by atoms with Gasteiger partial charge in [0.25, 0.3) is 0 Å². The number of urea groups is 1. The summed E-state index contributed by atoms with van der Waals surface area (Å²) in [5, 5.41) is 3.37. The minimum atomic E-state index is -0.314. The fraction of sp³-hybridized carbons (Fsp3) is 0.238. The highest BCUT2D eigenvalue weighted by Gasteiger charge is 2.17. The number of anilines is 1. The number of likely N-dealkylation sites (N-methyl/N-ethyl adjacent to an activating group) is 1. The fourth-order valence-corrected chi connectivity index (χ4v) is 3.46. The van der Waals surface area contributed by atoms with Crippen LogP contribution in [0.1, 0.15) is 5.56 Å².